The molecule has 0 bridgehead atoms. The highest BCUT2D eigenvalue weighted by Crippen LogP contribution is 2.32. The molecule has 0 amide bonds. The van der Waals surface area contributed by atoms with Gasteiger partial charge in [-0.1, -0.05) is 29.8 Å². The van der Waals surface area contributed by atoms with Crippen LogP contribution in [0.5, 0.6) is 5.75 Å². The summed E-state index contributed by atoms with van der Waals surface area (Å²) >= 11 is 7.01. The van der Waals surface area contributed by atoms with Crippen molar-refractivity contribution in [1.82, 2.24) is 5.32 Å². The first-order chi connectivity index (χ1) is 7.95. The number of benzene rings is 1. The maximum atomic E-state index is 5.42. The Morgan fingerprint density at radius 1 is 1.24 bits per heavy atom. The molecule has 0 aliphatic rings. The number of nitrogens with one attached hydrogen (secondary N) is 1. The van der Waals surface area contributed by atoms with Crippen LogP contribution >= 0.6 is 31.9 Å². The second-order valence-corrected chi connectivity index (χ2v) is 6.26. The van der Waals surface area contributed by atoms with E-state index in [0.717, 1.165) is 26.8 Å². The summed E-state index contributed by atoms with van der Waals surface area (Å²) < 4.78 is 7.45. The summed E-state index contributed by atoms with van der Waals surface area (Å²) in [7, 11) is 1.70. The van der Waals surface area contributed by atoms with E-state index in [9.17, 15) is 0 Å². The van der Waals surface area contributed by atoms with Gasteiger partial charge < -0.3 is 10.1 Å². The molecular formula is C13H19Br2NO. The molecule has 96 valence electrons. The first-order valence-corrected chi connectivity index (χ1v) is 7.29. The molecule has 0 aliphatic carbocycles. The molecule has 0 saturated heterocycles. The fraction of sp³-hybridized carbons (Fsp3) is 0.538. The van der Waals surface area contributed by atoms with E-state index >= 15 is 0 Å². The summed E-state index contributed by atoms with van der Waals surface area (Å²) in [6.07, 6.45) is 0. The zero-order valence-electron chi connectivity index (χ0n) is 10.7. The maximum Gasteiger partial charge on any atom is 0.137 e. The molecule has 1 rings (SSSR count). The van der Waals surface area contributed by atoms with Crippen molar-refractivity contribution in [2.75, 3.05) is 7.11 Å². The standard InChI is InChI=1S/C13H19Br2NO/c1-8(2)9(3)16-7-10-5-11(14)6-12(15)13(10)17-4/h5-6,8-9,16H,7H2,1-4H3. The molecule has 1 aromatic rings. The summed E-state index contributed by atoms with van der Waals surface area (Å²) in [6.45, 7) is 7.43. The zero-order chi connectivity index (χ0) is 13.0. The number of halogens is 2. The van der Waals surface area contributed by atoms with Gasteiger partial charge in [0.2, 0.25) is 0 Å². The minimum atomic E-state index is 0.484. The third-order valence-corrected chi connectivity index (χ3v) is 3.95. The van der Waals surface area contributed by atoms with Gasteiger partial charge in [0.15, 0.2) is 0 Å². The fourth-order valence-electron chi connectivity index (χ4n) is 1.48. The number of rotatable bonds is 5. The van der Waals surface area contributed by atoms with Crippen molar-refractivity contribution in [2.45, 2.75) is 33.4 Å². The van der Waals surface area contributed by atoms with Crippen molar-refractivity contribution in [2.24, 2.45) is 5.92 Å². The lowest BCUT2D eigenvalue weighted by atomic mass is 10.1. The van der Waals surface area contributed by atoms with Gasteiger partial charge in [-0.05, 0) is 40.9 Å². The fourth-order valence-corrected chi connectivity index (χ4v) is 2.96. The van der Waals surface area contributed by atoms with Crippen molar-refractivity contribution in [3.8, 4) is 5.75 Å². The molecule has 1 atom stereocenters. The molecule has 0 saturated carbocycles. The highest BCUT2D eigenvalue weighted by molar-refractivity contribution is 9.11. The van der Waals surface area contributed by atoms with Crippen LogP contribution in [0.2, 0.25) is 0 Å². The van der Waals surface area contributed by atoms with E-state index in [-0.39, 0.29) is 0 Å². The molecule has 0 radical (unpaired) electrons. The number of methoxy groups -OCH3 is 1. The Kier molecular flexibility index (Phi) is 5.97. The van der Waals surface area contributed by atoms with Gasteiger partial charge in [-0.3, -0.25) is 0 Å². The van der Waals surface area contributed by atoms with Crippen LogP contribution in [0.3, 0.4) is 0 Å². The normalized spacial score (nSPS) is 12.9. The predicted octanol–water partition coefficient (Wildman–Crippen LogP) is 4.35. The van der Waals surface area contributed by atoms with Crippen LogP contribution in [0.15, 0.2) is 21.1 Å². The summed E-state index contributed by atoms with van der Waals surface area (Å²) in [4.78, 5) is 0. The average Bonchev–Trinajstić information content (AvgIpc) is 2.24. The van der Waals surface area contributed by atoms with Gasteiger partial charge >= 0.3 is 0 Å². The SMILES string of the molecule is COc1c(Br)cc(Br)cc1CNC(C)C(C)C. The molecule has 0 aromatic heterocycles. The smallest absolute Gasteiger partial charge is 0.137 e. The highest BCUT2D eigenvalue weighted by atomic mass is 79.9. The Labute approximate surface area is 120 Å². The quantitative estimate of drug-likeness (QED) is 0.838. The van der Waals surface area contributed by atoms with Crippen LogP contribution in [-0.2, 0) is 6.54 Å². The average molecular weight is 365 g/mol. The van der Waals surface area contributed by atoms with Crippen LogP contribution < -0.4 is 10.1 Å². The predicted molar refractivity (Wildman–Crippen MR) is 79.5 cm³/mol. The molecule has 2 nitrogen and oxygen atoms in total. The number of ether oxygens (including phenoxy) is 1. The molecule has 0 spiro atoms. The van der Waals surface area contributed by atoms with Crippen molar-refractivity contribution in [1.29, 1.82) is 0 Å². The third-order valence-electron chi connectivity index (χ3n) is 2.90. The minimum absolute atomic E-state index is 0.484. The van der Waals surface area contributed by atoms with E-state index < -0.39 is 0 Å². The van der Waals surface area contributed by atoms with Gasteiger partial charge in [0.1, 0.15) is 5.75 Å². The van der Waals surface area contributed by atoms with E-state index in [4.69, 9.17) is 4.74 Å². The minimum Gasteiger partial charge on any atom is -0.495 e. The largest absolute Gasteiger partial charge is 0.495 e. The van der Waals surface area contributed by atoms with E-state index in [2.05, 4.69) is 64.0 Å². The summed E-state index contributed by atoms with van der Waals surface area (Å²) in [6, 6.07) is 4.56. The highest BCUT2D eigenvalue weighted by Gasteiger charge is 2.11. The first-order valence-electron chi connectivity index (χ1n) is 5.71. The molecule has 1 unspecified atom stereocenters. The van der Waals surface area contributed by atoms with Gasteiger partial charge in [-0.15, -0.1) is 0 Å². The van der Waals surface area contributed by atoms with E-state index in [1.54, 1.807) is 7.11 Å². The van der Waals surface area contributed by atoms with Gasteiger partial charge in [0, 0.05) is 22.6 Å². The van der Waals surface area contributed by atoms with Crippen molar-refractivity contribution < 1.29 is 4.74 Å². The molecule has 17 heavy (non-hydrogen) atoms. The Balaban J connectivity index is 2.83. The summed E-state index contributed by atoms with van der Waals surface area (Å²) in [5, 5.41) is 3.51. The monoisotopic (exact) mass is 363 g/mol. The lowest BCUT2D eigenvalue weighted by Crippen LogP contribution is -2.30. The Hall–Kier alpha value is -0.0600. The van der Waals surface area contributed by atoms with Gasteiger partial charge in [0.05, 0.1) is 11.6 Å². The van der Waals surface area contributed by atoms with Crippen LogP contribution in [0, 0.1) is 5.92 Å². The first kappa shape index (κ1) is 15.0. The molecule has 1 N–H and O–H groups in total. The molecule has 4 heteroatoms. The third kappa shape index (κ3) is 4.27. The Bertz CT molecular complexity index is 380. The summed E-state index contributed by atoms with van der Waals surface area (Å²) in [5.74, 6) is 1.52. The topological polar surface area (TPSA) is 21.3 Å². The van der Waals surface area contributed by atoms with Crippen LogP contribution in [0.25, 0.3) is 0 Å². The van der Waals surface area contributed by atoms with Gasteiger partial charge in [0.25, 0.3) is 0 Å². The molecule has 0 fully saturated rings. The number of hydrogen-bond donors (Lipinski definition) is 1. The zero-order valence-corrected chi connectivity index (χ0v) is 13.9. The van der Waals surface area contributed by atoms with E-state index in [1.807, 2.05) is 6.07 Å². The van der Waals surface area contributed by atoms with E-state index in [0.29, 0.717) is 12.0 Å². The second kappa shape index (κ2) is 6.76. The van der Waals surface area contributed by atoms with Crippen molar-refractivity contribution in [3.63, 3.8) is 0 Å². The molecular weight excluding hydrogens is 346 g/mol. The van der Waals surface area contributed by atoms with Gasteiger partial charge in [-0.25, -0.2) is 0 Å². The summed E-state index contributed by atoms with van der Waals surface area (Å²) in [5.41, 5.74) is 1.15. The van der Waals surface area contributed by atoms with Crippen molar-refractivity contribution >= 4 is 31.9 Å². The molecule has 0 aliphatic heterocycles. The van der Waals surface area contributed by atoms with Gasteiger partial charge in [-0.2, -0.15) is 0 Å². The van der Waals surface area contributed by atoms with Crippen LogP contribution in [0.1, 0.15) is 26.3 Å². The number of hydrogen-bond acceptors (Lipinski definition) is 2. The van der Waals surface area contributed by atoms with E-state index in [1.165, 1.54) is 0 Å². The Morgan fingerprint density at radius 2 is 1.88 bits per heavy atom. The lowest BCUT2D eigenvalue weighted by Gasteiger charge is -2.19. The lowest BCUT2D eigenvalue weighted by molar-refractivity contribution is 0.393. The molecule has 1 aromatic carbocycles. The molecule has 0 heterocycles. The van der Waals surface area contributed by atoms with Crippen molar-refractivity contribution in [3.05, 3.63) is 26.6 Å². The second-order valence-electron chi connectivity index (χ2n) is 4.49. The maximum absolute atomic E-state index is 5.42. The Morgan fingerprint density at radius 3 is 2.41 bits per heavy atom. The van der Waals surface area contributed by atoms with Crippen LogP contribution in [0.4, 0.5) is 0 Å². The van der Waals surface area contributed by atoms with Crippen LogP contribution in [-0.4, -0.2) is 13.2 Å².